The third-order valence-corrected chi connectivity index (χ3v) is 5.76. The normalized spacial score (nSPS) is 19.6. The zero-order valence-electron chi connectivity index (χ0n) is 16.4. The third-order valence-electron chi connectivity index (χ3n) is 5.76. The first-order chi connectivity index (χ1) is 14.5. The Kier molecular flexibility index (Phi) is 4.43. The highest BCUT2D eigenvalue weighted by molar-refractivity contribution is 6.22. The molecule has 8 heteroatoms. The average molecular weight is 408 g/mol. The van der Waals surface area contributed by atoms with Crippen LogP contribution in [0.1, 0.15) is 43.1 Å². The molecule has 0 saturated carbocycles. The van der Waals surface area contributed by atoms with E-state index in [1.165, 1.54) is 11.0 Å². The van der Waals surface area contributed by atoms with Gasteiger partial charge in [-0.05, 0) is 42.3 Å². The first kappa shape index (κ1) is 18.6. The summed E-state index contributed by atoms with van der Waals surface area (Å²) >= 11 is 0. The quantitative estimate of drug-likeness (QED) is 0.720. The van der Waals surface area contributed by atoms with Gasteiger partial charge in [0.25, 0.3) is 17.7 Å². The molecule has 1 unspecified atom stereocenters. The standard InChI is InChI=1S/C22H20N2O6/c1-28-15-6-7-23(11-15)20(25)14-3-4-16-17(9-14)22(27)24(21(16)26)10-13-2-5-18-19(8-13)30-12-29-18/h2-5,8-9,15H,6-7,10-12H2,1H3. The third kappa shape index (κ3) is 3.00. The van der Waals surface area contributed by atoms with Gasteiger partial charge in [0, 0.05) is 25.8 Å². The minimum absolute atomic E-state index is 0.0313. The molecule has 1 fully saturated rings. The van der Waals surface area contributed by atoms with Gasteiger partial charge in [0.05, 0.1) is 23.8 Å². The lowest BCUT2D eigenvalue weighted by molar-refractivity contribution is 0.0641. The number of fused-ring (bicyclic) bond motifs is 2. The predicted molar refractivity (Wildman–Crippen MR) is 105 cm³/mol. The first-order valence-electron chi connectivity index (χ1n) is 9.76. The molecule has 3 amide bonds. The Labute approximate surface area is 172 Å². The molecule has 0 spiro atoms. The van der Waals surface area contributed by atoms with Crippen molar-refractivity contribution < 1.29 is 28.6 Å². The number of benzene rings is 2. The molecular weight excluding hydrogens is 388 g/mol. The van der Waals surface area contributed by atoms with Crippen LogP contribution in [0.4, 0.5) is 0 Å². The van der Waals surface area contributed by atoms with Crippen molar-refractivity contribution in [3.63, 3.8) is 0 Å². The fourth-order valence-electron chi connectivity index (χ4n) is 4.08. The Morgan fingerprint density at radius 1 is 1.07 bits per heavy atom. The number of nitrogens with zero attached hydrogens (tertiary/aromatic N) is 2. The van der Waals surface area contributed by atoms with E-state index >= 15 is 0 Å². The number of hydrogen-bond donors (Lipinski definition) is 0. The van der Waals surface area contributed by atoms with Crippen LogP contribution in [0, 0.1) is 0 Å². The monoisotopic (exact) mass is 408 g/mol. The molecular formula is C22H20N2O6. The zero-order chi connectivity index (χ0) is 20.8. The Hall–Kier alpha value is -3.39. The maximum atomic E-state index is 12.9. The molecule has 30 heavy (non-hydrogen) atoms. The molecule has 0 aliphatic carbocycles. The fourth-order valence-corrected chi connectivity index (χ4v) is 4.08. The Bertz CT molecular complexity index is 1070. The molecule has 3 heterocycles. The highest BCUT2D eigenvalue weighted by Gasteiger charge is 2.37. The summed E-state index contributed by atoms with van der Waals surface area (Å²) in [6.45, 7) is 1.41. The minimum Gasteiger partial charge on any atom is -0.454 e. The number of imide groups is 1. The number of rotatable bonds is 4. The SMILES string of the molecule is COC1CCN(C(=O)c2ccc3c(c2)C(=O)N(Cc2ccc4c(c2)OCO4)C3=O)C1. The maximum Gasteiger partial charge on any atom is 0.261 e. The van der Waals surface area contributed by atoms with E-state index in [1.54, 1.807) is 42.3 Å². The van der Waals surface area contributed by atoms with E-state index in [0.717, 1.165) is 12.0 Å². The largest absolute Gasteiger partial charge is 0.454 e. The second-order valence-corrected chi connectivity index (χ2v) is 7.54. The number of amides is 3. The van der Waals surface area contributed by atoms with Crippen LogP contribution in [0.25, 0.3) is 0 Å². The Morgan fingerprint density at radius 2 is 1.87 bits per heavy atom. The van der Waals surface area contributed by atoms with Crippen molar-refractivity contribution in [2.45, 2.75) is 19.1 Å². The number of methoxy groups -OCH3 is 1. The van der Waals surface area contributed by atoms with Gasteiger partial charge in [0.2, 0.25) is 6.79 Å². The summed E-state index contributed by atoms with van der Waals surface area (Å²) in [5.41, 5.74) is 1.73. The second-order valence-electron chi connectivity index (χ2n) is 7.54. The number of likely N-dealkylation sites (tertiary alicyclic amines) is 1. The molecule has 8 nitrogen and oxygen atoms in total. The highest BCUT2D eigenvalue weighted by atomic mass is 16.7. The van der Waals surface area contributed by atoms with E-state index < -0.39 is 5.91 Å². The predicted octanol–water partition coefficient (Wildman–Crippen LogP) is 2.07. The smallest absolute Gasteiger partial charge is 0.261 e. The van der Waals surface area contributed by atoms with E-state index in [9.17, 15) is 14.4 Å². The van der Waals surface area contributed by atoms with Crippen LogP contribution < -0.4 is 9.47 Å². The fraction of sp³-hybridized carbons (Fsp3) is 0.318. The Morgan fingerprint density at radius 3 is 2.67 bits per heavy atom. The van der Waals surface area contributed by atoms with E-state index in [4.69, 9.17) is 14.2 Å². The lowest BCUT2D eigenvalue weighted by atomic mass is 10.0. The molecule has 1 saturated heterocycles. The van der Waals surface area contributed by atoms with Gasteiger partial charge in [-0.15, -0.1) is 0 Å². The van der Waals surface area contributed by atoms with Crippen LogP contribution >= 0.6 is 0 Å². The van der Waals surface area contributed by atoms with E-state index in [1.807, 2.05) is 0 Å². The zero-order valence-corrected chi connectivity index (χ0v) is 16.4. The van der Waals surface area contributed by atoms with Gasteiger partial charge in [-0.25, -0.2) is 0 Å². The van der Waals surface area contributed by atoms with E-state index in [-0.39, 0.29) is 36.8 Å². The molecule has 0 N–H and O–H groups in total. The summed E-state index contributed by atoms with van der Waals surface area (Å²) in [6, 6.07) is 10.0. The van der Waals surface area contributed by atoms with Crippen molar-refractivity contribution in [3.8, 4) is 11.5 Å². The van der Waals surface area contributed by atoms with Gasteiger partial charge in [-0.2, -0.15) is 0 Å². The minimum atomic E-state index is -0.404. The molecule has 3 aliphatic heterocycles. The molecule has 3 aliphatic rings. The van der Waals surface area contributed by atoms with E-state index in [0.29, 0.717) is 35.7 Å². The molecule has 154 valence electrons. The second kappa shape index (κ2) is 7.14. The summed E-state index contributed by atoms with van der Waals surface area (Å²) in [6.07, 6.45) is 0.817. The van der Waals surface area contributed by atoms with Crippen LogP contribution in [-0.4, -0.2) is 60.6 Å². The van der Waals surface area contributed by atoms with Crippen molar-refractivity contribution in [3.05, 3.63) is 58.7 Å². The average Bonchev–Trinajstić information content (AvgIpc) is 3.48. The molecule has 5 rings (SSSR count). The van der Waals surface area contributed by atoms with Crippen LogP contribution in [0.5, 0.6) is 11.5 Å². The van der Waals surface area contributed by atoms with E-state index in [2.05, 4.69) is 0 Å². The summed E-state index contributed by atoms with van der Waals surface area (Å²) < 4.78 is 16.0. The van der Waals surface area contributed by atoms with Crippen LogP contribution in [0.2, 0.25) is 0 Å². The van der Waals surface area contributed by atoms with Gasteiger partial charge in [-0.3, -0.25) is 19.3 Å². The topological polar surface area (TPSA) is 85.4 Å². The van der Waals surface area contributed by atoms with Gasteiger partial charge in [0.1, 0.15) is 0 Å². The number of carbonyl (C=O) groups excluding carboxylic acids is 3. The van der Waals surface area contributed by atoms with Crippen LogP contribution in [-0.2, 0) is 11.3 Å². The first-order valence-corrected chi connectivity index (χ1v) is 9.76. The molecule has 1 atom stereocenters. The summed E-state index contributed by atoms with van der Waals surface area (Å²) in [5.74, 6) is 0.302. The van der Waals surface area contributed by atoms with Crippen molar-refractivity contribution in [2.75, 3.05) is 27.0 Å². The lowest BCUT2D eigenvalue weighted by Crippen LogP contribution is -2.30. The van der Waals surface area contributed by atoms with Crippen molar-refractivity contribution in [1.82, 2.24) is 9.80 Å². The van der Waals surface area contributed by atoms with Crippen molar-refractivity contribution in [1.29, 1.82) is 0 Å². The molecule has 0 radical (unpaired) electrons. The number of ether oxygens (including phenoxy) is 3. The van der Waals surface area contributed by atoms with Gasteiger partial charge < -0.3 is 19.1 Å². The summed E-state index contributed by atoms with van der Waals surface area (Å²) in [7, 11) is 1.63. The van der Waals surface area contributed by atoms with Gasteiger partial charge in [0.15, 0.2) is 11.5 Å². The Balaban J connectivity index is 1.36. The van der Waals surface area contributed by atoms with Crippen LogP contribution in [0.15, 0.2) is 36.4 Å². The summed E-state index contributed by atoms with van der Waals surface area (Å²) in [5, 5.41) is 0. The molecule has 2 aromatic rings. The van der Waals surface area contributed by atoms with Gasteiger partial charge in [-0.1, -0.05) is 6.07 Å². The number of hydrogen-bond acceptors (Lipinski definition) is 6. The lowest BCUT2D eigenvalue weighted by Gasteiger charge is -2.16. The van der Waals surface area contributed by atoms with Crippen molar-refractivity contribution in [2.24, 2.45) is 0 Å². The maximum absolute atomic E-state index is 12.9. The molecule has 0 bridgehead atoms. The van der Waals surface area contributed by atoms with Gasteiger partial charge >= 0.3 is 0 Å². The summed E-state index contributed by atoms with van der Waals surface area (Å²) in [4.78, 5) is 41.5. The highest BCUT2D eigenvalue weighted by Crippen LogP contribution is 2.34. The molecule has 0 aromatic heterocycles. The number of carbonyl (C=O) groups is 3. The van der Waals surface area contributed by atoms with Crippen LogP contribution in [0.3, 0.4) is 0 Å². The molecule has 2 aromatic carbocycles. The van der Waals surface area contributed by atoms with Crippen molar-refractivity contribution >= 4 is 17.7 Å².